The summed E-state index contributed by atoms with van der Waals surface area (Å²) in [6.07, 6.45) is 7.31. The summed E-state index contributed by atoms with van der Waals surface area (Å²) in [5, 5.41) is 34.5. The molecule has 2 aliphatic heterocycles. The van der Waals surface area contributed by atoms with Crippen molar-refractivity contribution in [2.24, 2.45) is 0 Å². The maximum atomic E-state index is 12.1. The zero-order valence-electron chi connectivity index (χ0n) is 25.3. The molecule has 0 aliphatic carbocycles. The molecule has 3 atom stereocenters. The quantitative estimate of drug-likeness (QED) is 0.0639. The van der Waals surface area contributed by atoms with Crippen molar-refractivity contribution in [2.75, 3.05) is 24.2 Å². The molecule has 12 nitrogen and oxygen atoms in total. The molecular weight excluding hydrogens is 629 g/mol. The molecule has 4 rings (SSSR count). The van der Waals surface area contributed by atoms with Crippen molar-refractivity contribution in [1.82, 2.24) is 26.3 Å². The molecule has 2 fully saturated rings. The Bertz CT molecular complexity index is 1460. The minimum atomic E-state index is -1.33. The fraction of sp³-hybridized carbons (Fsp3) is 0.438. The van der Waals surface area contributed by atoms with E-state index < -0.39 is 11.9 Å². The number of hydrogen-bond acceptors (Lipinski definition) is 7. The van der Waals surface area contributed by atoms with Crippen LogP contribution in [-0.2, 0) is 4.79 Å². The van der Waals surface area contributed by atoms with Gasteiger partial charge in [-0.2, -0.15) is 11.8 Å². The number of carboxylic acid groups (broad SMARTS) is 2. The van der Waals surface area contributed by atoms with Crippen LogP contribution in [0.3, 0.4) is 0 Å². The van der Waals surface area contributed by atoms with Crippen LogP contribution in [0.1, 0.15) is 83.5 Å². The Morgan fingerprint density at radius 3 is 2.22 bits per heavy atom. The number of benzene rings is 1. The number of carbonyl (C=O) groups is 4. The number of aromatic carboxylic acids is 2. The number of fused-ring (bicyclic) bond motifs is 1. The van der Waals surface area contributed by atoms with Crippen molar-refractivity contribution in [3.63, 3.8) is 0 Å². The minimum Gasteiger partial charge on any atom is -0.477 e. The standard InChI is InChI=1S/C32H38N6O6S2/c39-27(8-4-3-7-26-28-25(19-46-26)37-31(44)38-28)33-15-5-1-2-6-16-34-32(45)35-22-13-11-20(12-14-22)9-10-21-17-23(29(40)41)36-24(18-21)30(42)43/h11-14,17-18,25-26,28H,1-8,15-16,19H2,(H,33,39)(H,40,41)(H,42,43)(H2,34,35,45)(H2,37,38,44). The van der Waals surface area contributed by atoms with Crippen molar-refractivity contribution >= 4 is 58.7 Å². The lowest BCUT2D eigenvalue weighted by atomic mass is 10.0. The number of anilines is 1. The number of rotatable bonds is 15. The lowest BCUT2D eigenvalue weighted by molar-refractivity contribution is -0.121. The number of thiocarbonyl (C=S) groups is 1. The largest absolute Gasteiger partial charge is 0.477 e. The summed E-state index contributed by atoms with van der Waals surface area (Å²) in [5.74, 6) is 4.08. The monoisotopic (exact) mass is 666 g/mol. The lowest BCUT2D eigenvalue weighted by Crippen LogP contribution is -2.36. The molecule has 0 spiro atoms. The topological polar surface area (TPSA) is 182 Å². The van der Waals surface area contributed by atoms with Crippen molar-refractivity contribution in [1.29, 1.82) is 0 Å². The predicted octanol–water partition coefficient (Wildman–Crippen LogP) is 3.57. The van der Waals surface area contributed by atoms with Gasteiger partial charge in [-0.05, 0) is 74.3 Å². The number of thioether (sulfide) groups is 1. The number of nitrogens with one attached hydrogen (secondary N) is 5. The average molecular weight is 667 g/mol. The van der Waals surface area contributed by atoms with Crippen molar-refractivity contribution < 1.29 is 29.4 Å². The minimum absolute atomic E-state index is 0.0637. The van der Waals surface area contributed by atoms with E-state index in [2.05, 4.69) is 43.4 Å². The van der Waals surface area contributed by atoms with Gasteiger partial charge in [0.25, 0.3) is 0 Å². The molecule has 14 heteroatoms. The van der Waals surface area contributed by atoms with Crippen molar-refractivity contribution in [3.05, 3.63) is 58.9 Å². The van der Waals surface area contributed by atoms with Gasteiger partial charge in [0.2, 0.25) is 5.91 Å². The van der Waals surface area contributed by atoms with E-state index in [9.17, 15) is 19.2 Å². The van der Waals surface area contributed by atoms with Crippen LogP contribution in [0.2, 0.25) is 0 Å². The first-order chi connectivity index (χ1) is 22.2. The van der Waals surface area contributed by atoms with E-state index in [1.165, 1.54) is 12.1 Å². The van der Waals surface area contributed by atoms with Gasteiger partial charge in [-0.1, -0.05) is 31.1 Å². The van der Waals surface area contributed by atoms with Gasteiger partial charge in [-0.25, -0.2) is 19.4 Å². The number of nitrogens with zero attached hydrogens (tertiary/aromatic N) is 1. The Balaban J connectivity index is 1.02. The summed E-state index contributed by atoms with van der Waals surface area (Å²) in [7, 11) is 0. The van der Waals surface area contributed by atoms with E-state index in [-0.39, 0.29) is 41.0 Å². The Morgan fingerprint density at radius 2 is 1.54 bits per heavy atom. The fourth-order valence-electron chi connectivity index (χ4n) is 5.17. The van der Waals surface area contributed by atoms with Crippen LogP contribution in [-0.4, -0.2) is 80.4 Å². The molecule has 3 amide bonds. The van der Waals surface area contributed by atoms with Crippen LogP contribution in [0, 0.1) is 11.8 Å². The number of unbranched alkanes of at least 4 members (excludes halogenated alkanes) is 4. The van der Waals surface area contributed by atoms with E-state index in [1.54, 1.807) is 12.1 Å². The first-order valence-corrected chi connectivity index (χ1v) is 16.7. The molecule has 7 N–H and O–H groups in total. The first-order valence-electron chi connectivity index (χ1n) is 15.3. The third kappa shape index (κ3) is 10.9. The summed E-state index contributed by atoms with van der Waals surface area (Å²) in [4.78, 5) is 49.7. The number of hydrogen-bond donors (Lipinski definition) is 7. The molecule has 46 heavy (non-hydrogen) atoms. The Labute approximate surface area is 277 Å². The van der Waals surface area contributed by atoms with E-state index in [4.69, 9.17) is 22.4 Å². The number of carbonyl (C=O) groups excluding carboxylic acids is 2. The van der Waals surface area contributed by atoms with Crippen LogP contribution in [0.5, 0.6) is 0 Å². The van der Waals surface area contributed by atoms with Crippen LogP contribution in [0.25, 0.3) is 0 Å². The van der Waals surface area contributed by atoms with Gasteiger partial charge in [-0.15, -0.1) is 0 Å². The number of carboxylic acids is 2. The molecule has 2 aromatic rings. The Hall–Kier alpha value is -4.35. The summed E-state index contributed by atoms with van der Waals surface area (Å²) in [6.45, 7) is 1.41. The molecule has 2 saturated heterocycles. The molecule has 3 heterocycles. The number of pyridine rings is 1. The highest BCUT2D eigenvalue weighted by molar-refractivity contribution is 8.00. The smallest absolute Gasteiger partial charge is 0.354 e. The zero-order valence-corrected chi connectivity index (χ0v) is 26.9. The van der Waals surface area contributed by atoms with Gasteiger partial charge in [0, 0.05) is 47.3 Å². The van der Waals surface area contributed by atoms with E-state index in [1.807, 2.05) is 23.9 Å². The van der Waals surface area contributed by atoms with Gasteiger partial charge in [0.05, 0.1) is 12.1 Å². The van der Waals surface area contributed by atoms with E-state index in [0.29, 0.717) is 28.9 Å². The third-order valence-corrected chi connectivity index (χ3v) is 9.30. The predicted molar refractivity (Wildman–Crippen MR) is 180 cm³/mol. The molecular formula is C32H38N6O6S2. The van der Waals surface area contributed by atoms with Crippen LogP contribution >= 0.6 is 24.0 Å². The van der Waals surface area contributed by atoms with Crippen LogP contribution in [0.4, 0.5) is 10.5 Å². The average Bonchev–Trinajstić information content (AvgIpc) is 3.59. The number of aromatic nitrogens is 1. The molecule has 0 saturated carbocycles. The second-order valence-corrected chi connectivity index (χ2v) is 12.8. The molecule has 1 aromatic carbocycles. The first kappa shape index (κ1) is 34.5. The second-order valence-electron chi connectivity index (χ2n) is 11.1. The van der Waals surface area contributed by atoms with Crippen LogP contribution < -0.4 is 26.6 Å². The van der Waals surface area contributed by atoms with Gasteiger partial charge in [0.1, 0.15) is 11.4 Å². The van der Waals surface area contributed by atoms with Gasteiger partial charge in [-0.3, -0.25) is 4.79 Å². The molecule has 0 bridgehead atoms. The highest BCUT2D eigenvalue weighted by Gasteiger charge is 2.42. The van der Waals surface area contributed by atoms with Crippen LogP contribution in [0.15, 0.2) is 36.4 Å². The maximum absolute atomic E-state index is 12.1. The fourth-order valence-corrected chi connectivity index (χ4v) is 6.94. The molecule has 244 valence electrons. The Kier molecular flexibility index (Phi) is 13.0. The van der Waals surface area contributed by atoms with Crippen molar-refractivity contribution in [2.45, 2.75) is 68.7 Å². The molecule has 3 unspecified atom stereocenters. The third-order valence-electron chi connectivity index (χ3n) is 7.55. The number of amides is 3. The highest BCUT2D eigenvalue weighted by atomic mass is 32.2. The molecule has 0 radical (unpaired) electrons. The summed E-state index contributed by atoms with van der Waals surface area (Å²) in [5.41, 5.74) is 0.895. The van der Waals surface area contributed by atoms with E-state index in [0.717, 1.165) is 62.9 Å². The summed E-state index contributed by atoms with van der Waals surface area (Å²) >= 11 is 7.28. The number of urea groups is 1. The van der Waals surface area contributed by atoms with Gasteiger partial charge in [0.15, 0.2) is 5.11 Å². The molecule has 2 aliphatic rings. The lowest BCUT2D eigenvalue weighted by Gasteiger charge is -2.16. The SMILES string of the molecule is O=C(CCCCC1SCC2NC(=O)NC21)NCCCCCCNC(=S)Nc1ccc(C#Cc2cc(C(=O)O)nc(C(=O)O)c2)cc1. The molecule has 1 aromatic heterocycles. The van der Waals surface area contributed by atoms with E-state index >= 15 is 0 Å². The maximum Gasteiger partial charge on any atom is 0.354 e. The second kappa shape index (κ2) is 17.4. The van der Waals surface area contributed by atoms with Gasteiger partial charge >= 0.3 is 18.0 Å². The van der Waals surface area contributed by atoms with Gasteiger partial charge < -0.3 is 36.8 Å². The normalized spacial score (nSPS) is 17.9. The zero-order chi connectivity index (χ0) is 32.9. The summed E-state index contributed by atoms with van der Waals surface area (Å²) in [6, 6.07) is 10.0. The highest BCUT2D eigenvalue weighted by Crippen LogP contribution is 2.33. The summed E-state index contributed by atoms with van der Waals surface area (Å²) < 4.78 is 0. The Morgan fingerprint density at radius 1 is 0.891 bits per heavy atom. The van der Waals surface area contributed by atoms with Crippen molar-refractivity contribution in [3.8, 4) is 11.8 Å².